The van der Waals surface area contributed by atoms with Crippen molar-refractivity contribution in [3.63, 3.8) is 0 Å². The normalized spacial score (nSPS) is 12.4. The summed E-state index contributed by atoms with van der Waals surface area (Å²) in [6.07, 6.45) is 1.19. The number of nitriles is 1. The van der Waals surface area contributed by atoms with Gasteiger partial charge in [-0.3, -0.25) is 10.1 Å². The summed E-state index contributed by atoms with van der Waals surface area (Å²) in [5.41, 5.74) is 0.493. The molecule has 0 aliphatic rings. The molecule has 0 aliphatic heterocycles. The van der Waals surface area contributed by atoms with Crippen molar-refractivity contribution in [1.82, 2.24) is 5.32 Å². The quantitative estimate of drug-likeness (QED) is 0.337. The molecule has 2 N–H and O–H groups in total. The Bertz CT molecular complexity index is 1270. The first-order valence-electron chi connectivity index (χ1n) is 10.3. The van der Waals surface area contributed by atoms with Crippen LogP contribution in [0.3, 0.4) is 0 Å². The predicted octanol–water partition coefficient (Wildman–Crippen LogP) is 7.87. The number of urea groups is 1. The minimum Gasteiger partial charge on any atom is -0.306 e. The summed E-state index contributed by atoms with van der Waals surface area (Å²) in [5, 5.41) is 16.1. The molecule has 3 aromatic rings. The van der Waals surface area contributed by atoms with Gasteiger partial charge in [0.2, 0.25) is 0 Å². The molecule has 1 atom stereocenters. The summed E-state index contributed by atoms with van der Waals surface area (Å²) in [6, 6.07) is 17.9. The number of hydrogen-bond acceptors (Lipinski definition) is 3. The highest BCUT2D eigenvalue weighted by molar-refractivity contribution is 6.37. The molecule has 3 rings (SSSR count). The third-order valence-corrected chi connectivity index (χ3v) is 6.47. The fourth-order valence-corrected chi connectivity index (χ4v) is 4.55. The molecule has 0 saturated carbocycles. The van der Waals surface area contributed by atoms with Gasteiger partial charge in [0.15, 0.2) is 0 Å². The Hall–Kier alpha value is -2.75. The van der Waals surface area contributed by atoms with E-state index in [4.69, 9.17) is 46.4 Å². The number of carbonyl (C=O) groups is 2. The van der Waals surface area contributed by atoms with Crippen LogP contribution in [0.5, 0.6) is 0 Å². The van der Waals surface area contributed by atoms with Crippen molar-refractivity contribution in [1.29, 1.82) is 5.26 Å². The second-order valence-electron chi connectivity index (χ2n) is 7.47. The van der Waals surface area contributed by atoms with Crippen LogP contribution in [-0.4, -0.2) is 11.9 Å². The van der Waals surface area contributed by atoms with Gasteiger partial charge in [-0.15, -0.1) is 0 Å². The maximum atomic E-state index is 12.4. The van der Waals surface area contributed by atoms with Crippen LogP contribution in [0.1, 0.15) is 41.3 Å². The summed E-state index contributed by atoms with van der Waals surface area (Å²) in [7, 11) is 0. The minimum atomic E-state index is -1.07. The van der Waals surface area contributed by atoms with Gasteiger partial charge in [0.25, 0.3) is 5.91 Å². The molecule has 3 aromatic carbocycles. The number of nitrogens with zero attached hydrogens (tertiary/aromatic N) is 1. The SMILES string of the molecule is CCCC(C#N)(c1ccc(Cl)cc1)c1cc(Cl)c(NC(=O)NC(=O)c2ccccc2Cl)cc1Cl. The van der Waals surface area contributed by atoms with Gasteiger partial charge in [-0.2, -0.15) is 5.26 Å². The van der Waals surface area contributed by atoms with Crippen molar-refractivity contribution < 1.29 is 9.59 Å². The molecular weight excluding hydrogens is 516 g/mol. The number of rotatable bonds is 6. The van der Waals surface area contributed by atoms with Gasteiger partial charge in [0.1, 0.15) is 5.41 Å². The zero-order valence-electron chi connectivity index (χ0n) is 18.0. The smallest absolute Gasteiger partial charge is 0.306 e. The Labute approximate surface area is 217 Å². The third kappa shape index (κ3) is 5.48. The van der Waals surface area contributed by atoms with Crippen molar-refractivity contribution >= 4 is 64.0 Å². The van der Waals surface area contributed by atoms with Gasteiger partial charge < -0.3 is 5.32 Å². The van der Waals surface area contributed by atoms with Crippen LogP contribution in [-0.2, 0) is 5.41 Å². The molecule has 174 valence electrons. The number of benzene rings is 3. The van der Waals surface area contributed by atoms with Gasteiger partial charge >= 0.3 is 6.03 Å². The molecule has 34 heavy (non-hydrogen) atoms. The zero-order valence-corrected chi connectivity index (χ0v) is 21.0. The van der Waals surface area contributed by atoms with Crippen LogP contribution in [0.25, 0.3) is 0 Å². The van der Waals surface area contributed by atoms with E-state index in [1.807, 2.05) is 6.92 Å². The van der Waals surface area contributed by atoms with E-state index in [9.17, 15) is 14.9 Å². The van der Waals surface area contributed by atoms with Gasteiger partial charge in [-0.1, -0.05) is 84.0 Å². The van der Waals surface area contributed by atoms with Crippen molar-refractivity contribution in [2.24, 2.45) is 0 Å². The molecule has 0 bridgehead atoms. The monoisotopic (exact) mass is 533 g/mol. The zero-order chi connectivity index (χ0) is 24.9. The Kier molecular flexibility index (Phi) is 8.46. The summed E-state index contributed by atoms with van der Waals surface area (Å²) in [5.74, 6) is -0.670. The lowest BCUT2D eigenvalue weighted by Crippen LogP contribution is -2.34. The van der Waals surface area contributed by atoms with Crippen LogP contribution >= 0.6 is 46.4 Å². The number of hydrogen-bond donors (Lipinski definition) is 2. The number of nitrogens with one attached hydrogen (secondary N) is 2. The fourth-order valence-electron chi connectivity index (χ4n) is 3.66. The van der Waals surface area contributed by atoms with Gasteiger partial charge in [-0.05, 0) is 53.9 Å². The number of anilines is 1. The molecule has 0 radical (unpaired) electrons. The van der Waals surface area contributed by atoms with E-state index in [1.165, 1.54) is 12.1 Å². The van der Waals surface area contributed by atoms with Crippen LogP contribution < -0.4 is 10.6 Å². The lowest BCUT2D eigenvalue weighted by atomic mass is 9.72. The molecule has 0 aliphatic carbocycles. The minimum absolute atomic E-state index is 0.153. The summed E-state index contributed by atoms with van der Waals surface area (Å²) >= 11 is 25.1. The van der Waals surface area contributed by atoms with Crippen LogP contribution in [0.4, 0.5) is 10.5 Å². The first-order chi connectivity index (χ1) is 16.2. The first-order valence-corrected chi connectivity index (χ1v) is 11.8. The molecule has 3 amide bonds. The Morgan fingerprint density at radius 1 is 0.941 bits per heavy atom. The summed E-state index contributed by atoms with van der Waals surface area (Å²) in [6.45, 7) is 1.97. The van der Waals surface area contributed by atoms with Crippen molar-refractivity contribution in [3.05, 3.63) is 97.4 Å². The van der Waals surface area contributed by atoms with E-state index >= 15 is 0 Å². The van der Waals surface area contributed by atoms with E-state index in [-0.39, 0.29) is 26.3 Å². The third-order valence-electron chi connectivity index (χ3n) is 5.26. The topological polar surface area (TPSA) is 82.0 Å². The Morgan fingerprint density at radius 3 is 2.24 bits per heavy atom. The molecule has 0 heterocycles. The average Bonchev–Trinajstić information content (AvgIpc) is 2.80. The molecular formula is C25H19Cl4N3O2. The molecule has 0 fully saturated rings. The standard InChI is InChI=1S/C25H19Cl4N3O2/c1-2-11-25(14-30,15-7-9-16(26)10-8-15)18-12-21(29)22(13-20(18)28)31-24(34)32-23(33)17-5-3-4-6-19(17)27/h3-10,12-13H,2,11H2,1H3,(H2,31,32,33,34). The molecule has 0 aromatic heterocycles. The predicted molar refractivity (Wildman–Crippen MR) is 137 cm³/mol. The number of halogens is 4. The first kappa shape index (κ1) is 25.9. The Balaban J connectivity index is 1.91. The van der Waals surface area contributed by atoms with Crippen LogP contribution in [0.2, 0.25) is 20.1 Å². The van der Waals surface area contributed by atoms with Crippen molar-refractivity contribution in [3.8, 4) is 6.07 Å². The number of imide groups is 1. The lowest BCUT2D eigenvalue weighted by molar-refractivity contribution is 0.0967. The van der Waals surface area contributed by atoms with Crippen molar-refractivity contribution in [2.45, 2.75) is 25.2 Å². The van der Waals surface area contributed by atoms with Gasteiger partial charge in [0, 0.05) is 10.0 Å². The van der Waals surface area contributed by atoms with Gasteiger partial charge in [-0.25, -0.2) is 4.79 Å². The van der Waals surface area contributed by atoms with Crippen LogP contribution in [0, 0.1) is 11.3 Å². The summed E-state index contributed by atoms with van der Waals surface area (Å²) < 4.78 is 0. The second kappa shape index (κ2) is 11.1. The Morgan fingerprint density at radius 2 is 1.62 bits per heavy atom. The van der Waals surface area contributed by atoms with Gasteiger partial charge in [0.05, 0.1) is 27.4 Å². The highest BCUT2D eigenvalue weighted by Gasteiger charge is 2.36. The lowest BCUT2D eigenvalue weighted by Gasteiger charge is -2.29. The molecule has 1 unspecified atom stereocenters. The van der Waals surface area contributed by atoms with Crippen LogP contribution in [0.15, 0.2) is 60.7 Å². The largest absolute Gasteiger partial charge is 0.326 e. The maximum Gasteiger partial charge on any atom is 0.326 e. The molecule has 0 spiro atoms. The molecule has 5 nitrogen and oxygen atoms in total. The average molecular weight is 535 g/mol. The van der Waals surface area contributed by atoms with E-state index in [0.29, 0.717) is 23.4 Å². The maximum absolute atomic E-state index is 12.4. The number of amides is 3. The van der Waals surface area contributed by atoms with E-state index < -0.39 is 17.4 Å². The fraction of sp³-hybridized carbons (Fsp3) is 0.160. The van der Waals surface area contributed by atoms with E-state index in [0.717, 1.165) is 5.56 Å². The highest BCUT2D eigenvalue weighted by atomic mass is 35.5. The molecule has 9 heteroatoms. The second-order valence-corrected chi connectivity index (χ2v) is 9.13. The van der Waals surface area contributed by atoms with E-state index in [2.05, 4.69) is 16.7 Å². The highest BCUT2D eigenvalue weighted by Crippen LogP contribution is 2.43. The number of carbonyl (C=O) groups excluding carboxylic acids is 2. The molecule has 0 saturated heterocycles. The van der Waals surface area contributed by atoms with E-state index in [1.54, 1.807) is 48.5 Å². The van der Waals surface area contributed by atoms with Crippen molar-refractivity contribution in [2.75, 3.05) is 5.32 Å². The summed E-state index contributed by atoms with van der Waals surface area (Å²) in [4.78, 5) is 24.7.